The normalized spacial score (nSPS) is 15.5. The number of nitrogen functional groups attached to an aromatic ring is 1. The van der Waals surface area contributed by atoms with Crippen molar-refractivity contribution in [2.75, 3.05) is 18.8 Å². The summed E-state index contributed by atoms with van der Waals surface area (Å²) in [5.41, 5.74) is 8.16. The van der Waals surface area contributed by atoms with Crippen molar-refractivity contribution in [2.45, 2.75) is 25.7 Å². The molecule has 1 saturated heterocycles. The van der Waals surface area contributed by atoms with Gasteiger partial charge in [0.15, 0.2) is 5.82 Å². The molecule has 1 amide bonds. The van der Waals surface area contributed by atoms with Gasteiger partial charge in [0.1, 0.15) is 17.0 Å². The van der Waals surface area contributed by atoms with Crippen molar-refractivity contribution in [3.63, 3.8) is 0 Å². The second kappa shape index (κ2) is 9.39. The number of nitrogens with zero attached hydrogens (tertiary/aromatic N) is 3. The highest BCUT2D eigenvalue weighted by atomic mass is 16.5. The van der Waals surface area contributed by atoms with Crippen LogP contribution in [0.15, 0.2) is 65.6 Å². The minimum Gasteiger partial charge on any atom is -0.457 e. The maximum absolute atomic E-state index is 12.9. The highest BCUT2D eigenvalue weighted by Crippen LogP contribution is 2.35. The first-order chi connectivity index (χ1) is 17.0. The van der Waals surface area contributed by atoms with Gasteiger partial charge in [0.25, 0.3) is 11.5 Å². The summed E-state index contributed by atoms with van der Waals surface area (Å²) in [5, 5.41) is 7.02. The second-order valence-corrected chi connectivity index (χ2v) is 8.49. The summed E-state index contributed by atoms with van der Waals surface area (Å²) in [6, 6.07) is 17.1. The molecule has 0 aliphatic carbocycles. The Morgan fingerprint density at radius 1 is 1.14 bits per heavy atom. The summed E-state index contributed by atoms with van der Waals surface area (Å²) >= 11 is 0. The van der Waals surface area contributed by atoms with E-state index in [4.69, 9.17) is 10.5 Å². The number of nitrogens with two attached hydrogens (primary N) is 1. The van der Waals surface area contributed by atoms with Crippen LogP contribution in [-0.2, 0) is 4.79 Å². The number of aromatic nitrogens is 3. The molecule has 1 atom stereocenters. The van der Waals surface area contributed by atoms with Crippen molar-refractivity contribution >= 4 is 22.6 Å². The second-order valence-electron chi connectivity index (χ2n) is 8.49. The molecule has 3 N–H and O–H groups in total. The Morgan fingerprint density at radius 2 is 1.89 bits per heavy atom. The van der Waals surface area contributed by atoms with Crippen molar-refractivity contribution in [1.29, 1.82) is 0 Å². The lowest BCUT2D eigenvalue weighted by atomic mass is 9.90. The number of nitrogens with one attached hydrogen (secondary N) is 1. The number of carbonyl (C=O) groups is 1. The first kappa shape index (κ1) is 22.3. The minimum absolute atomic E-state index is 0.0151. The van der Waals surface area contributed by atoms with Crippen LogP contribution in [-0.4, -0.2) is 38.7 Å². The lowest BCUT2D eigenvalue weighted by Crippen LogP contribution is -2.38. The van der Waals surface area contributed by atoms with E-state index in [1.54, 1.807) is 11.8 Å². The zero-order valence-corrected chi connectivity index (χ0v) is 19.3. The zero-order valence-electron chi connectivity index (χ0n) is 19.3. The van der Waals surface area contributed by atoms with Crippen LogP contribution in [0.1, 0.15) is 31.2 Å². The molecule has 1 aliphatic heterocycles. The van der Waals surface area contributed by atoms with Gasteiger partial charge in [-0.1, -0.05) is 24.1 Å². The van der Waals surface area contributed by atoms with Gasteiger partial charge in [0.05, 0.1) is 5.39 Å². The molecule has 4 aromatic rings. The topological polar surface area (TPSA) is 106 Å². The number of fused-ring (bicyclic) bond motifs is 1. The van der Waals surface area contributed by atoms with Crippen LogP contribution < -0.4 is 16.0 Å². The Hall–Kier alpha value is -4.51. The molecule has 0 radical (unpaired) electrons. The lowest BCUT2D eigenvalue weighted by Gasteiger charge is -2.31. The summed E-state index contributed by atoms with van der Waals surface area (Å²) in [6.45, 7) is 2.81. The smallest absolute Gasteiger partial charge is 0.298 e. The number of hydrogen-bond acceptors (Lipinski definition) is 5. The Labute approximate surface area is 202 Å². The van der Waals surface area contributed by atoms with Gasteiger partial charge >= 0.3 is 0 Å². The number of benzene rings is 2. The Kier molecular flexibility index (Phi) is 5.98. The third-order valence-electron chi connectivity index (χ3n) is 6.26. The number of amides is 1. The van der Waals surface area contributed by atoms with Crippen LogP contribution in [0, 0.1) is 11.8 Å². The molecule has 0 saturated carbocycles. The number of anilines is 1. The molecule has 8 nitrogen and oxygen atoms in total. The van der Waals surface area contributed by atoms with Gasteiger partial charge in [-0.25, -0.2) is 5.10 Å². The molecule has 5 rings (SSSR count). The summed E-state index contributed by atoms with van der Waals surface area (Å²) in [7, 11) is 0. The number of rotatable bonds is 4. The van der Waals surface area contributed by atoms with E-state index in [0.717, 1.165) is 29.8 Å². The zero-order chi connectivity index (χ0) is 24.4. The van der Waals surface area contributed by atoms with Crippen LogP contribution in [0.4, 0.5) is 5.82 Å². The predicted octanol–water partition coefficient (Wildman–Crippen LogP) is 3.82. The van der Waals surface area contributed by atoms with Gasteiger partial charge in [-0.05, 0) is 67.6 Å². The number of para-hydroxylation sites is 1. The lowest BCUT2D eigenvalue weighted by molar-refractivity contribution is -0.126. The molecular weight excluding hydrogens is 442 g/mol. The standard InChI is InChI=1S/C27H25N5O3/c1-2-7-23(33)31-15-6-8-18(16-31)22-17-32(25-24(22)27(34)30-29-26(25)28)19-11-13-21(14-12-19)35-20-9-4-3-5-10-20/h3-5,9-14,17-18H,6,8,15-16H2,1H3,(H2,28,29)(H,30,34)/t18-/m1/s1. The summed E-state index contributed by atoms with van der Waals surface area (Å²) in [4.78, 5) is 27.0. The fourth-order valence-electron chi connectivity index (χ4n) is 4.65. The van der Waals surface area contributed by atoms with Crippen molar-refractivity contribution in [2.24, 2.45) is 0 Å². The molecule has 8 heteroatoms. The predicted molar refractivity (Wildman–Crippen MR) is 135 cm³/mol. The third-order valence-corrected chi connectivity index (χ3v) is 6.26. The molecular formula is C27H25N5O3. The first-order valence-corrected chi connectivity index (χ1v) is 11.5. The van der Waals surface area contributed by atoms with Crippen molar-refractivity contribution in [3.8, 4) is 29.0 Å². The van der Waals surface area contributed by atoms with E-state index in [-0.39, 0.29) is 23.2 Å². The number of likely N-dealkylation sites (tertiary alicyclic amines) is 1. The van der Waals surface area contributed by atoms with Crippen molar-refractivity contribution in [3.05, 3.63) is 76.7 Å². The highest BCUT2D eigenvalue weighted by molar-refractivity contribution is 5.94. The number of carbonyl (C=O) groups excluding carboxylic acids is 1. The Morgan fingerprint density at radius 3 is 2.63 bits per heavy atom. The van der Waals surface area contributed by atoms with Crippen LogP contribution in [0.2, 0.25) is 0 Å². The number of H-pyrrole nitrogens is 1. The van der Waals surface area contributed by atoms with E-state index in [1.165, 1.54) is 0 Å². The number of aromatic amines is 1. The van der Waals surface area contributed by atoms with E-state index in [2.05, 4.69) is 22.0 Å². The van der Waals surface area contributed by atoms with Crippen molar-refractivity contribution < 1.29 is 9.53 Å². The van der Waals surface area contributed by atoms with E-state index >= 15 is 0 Å². The molecule has 35 heavy (non-hydrogen) atoms. The fraction of sp³-hybridized carbons (Fsp3) is 0.222. The van der Waals surface area contributed by atoms with Gasteiger partial charge in [-0.3, -0.25) is 9.59 Å². The largest absolute Gasteiger partial charge is 0.457 e. The van der Waals surface area contributed by atoms with Crippen LogP contribution in [0.3, 0.4) is 0 Å². The van der Waals surface area contributed by atoms with Crippen LogP contribution in [0.5, 0.6) is 11.5 Å². The molecule has 2 aromatic heterocycles. The number of hydrogen-bond donors (Lipinski definition) is 2. The Balaban J connectivity index is 1.53. The average molecular weight is 468 g/mol. The molecule has 2 aromatic carbocycles. The van der Waals surface area contributed by atoms with Gasteiger partial charge in [-0.15, -0.1) is 0 Å². The molecule has 0 unspecified atom stereocenters. The maximum atomic E-state index is 12.9. The Bertz CT molecular complexity index is 1490. The SMILES string of the molecule is CC#CC(=O)N1CCC[C@@H](c2cn(-c3ccc(Oc4ccccc4)cc3)c3c(N)n[nH]c(=O)c23)C1. The first-order valence-electron chi connectivity index (χ1n) is 11.5. The van der Waals surface area contributed by atoms with Gasteiger partial charge < -0.3 is 19.9 Å². The van der Waals surface area contributed by atoms with E-state index in [1.807, 2.05) is 65.4 Å². The molecule has 176 valence electrons. The quantitative estimate of drug-likeness (QED) is 0.444. The van der Waals surface area contributed by atoms with Crippen LogP contribution >= 0.6 is 0 Å². The number of ether oxygens (including phenoxy) is 1. The summed E-state index contributed by atoms with van der Waals surface area (Å²) in [6.07, 6.45) is 3.63. The molecule has 0 bridgehead atoms. The van der Waals surface area contributed by atoms with E-state index in [0.29, 0.717) is 29.7 Å². The maximum Gasteiger partial charge on any atom is 0.298 e. The molecule has 1 fully saturated rings. The molecule has 3 heterocycles. The van der Waals surface area contributed by atoms with Gasteiger partial charge in [-0.2, -0.15) is 5.10 Å². The third kappa shape index (κ3) is 4.36. The fourth-order valence-corrected chi connectivity index (χ4v) is 4.65. The highest BCUT2D eigenvalue weighted by Gasteiger charge is 2.28. The van der Waals surface area contributed by atoms with Crippen LogP contribution in [0.25, 0.3) is 16.6 Å². The minimum atomic E-state index is -0.302. The van der Waals surface area contributed by atoms with Crippen molar-refractivity contribution in [1.82, 2.24) is 19.7 Å². The van der Waals surface area contributed by atoms with Gasteiger partial charge in [0.2, 0.25) is 0 Å². The average Bonchev–Trinajstić information content (AvgIpc) is 3.30. The van der Waals surface area contributed by atoms with E-state index in [9.17, 15) is 9.59 Å². The molecule has 0 spiro atoms. The summed E-state index contributed by atoms with van der Waals surface area (Å²) < 4.78 is 7.79. The van der Waals surface area contributed by atoms with Gasteiger partial charge in [0, 0.05) is 30.9 Å². The monoisotopic (exact) mass is 467 g/mol. The van der Waals surface area contributed by atoms with E-state index < -0.39 is 0 Å². The molecule has 1 aliphatic rings. The number of piperidine rings is 1. The summed E-state index contributed by atoms with van der Waals surface area (Å²) in [5.74, 6) is 6.77.